The van der Waals surface area contributed by atoms with Gasteiger partial charge in [-0.3, -0.25) is 9.78 Å². The molecule has 2 aromatic heterocycles. The number of rotatable bonds is 4. The van der Waals surface area contributed by atoms with Crippen LogP contribution in [-0.4, -0.2) is 38.9 Å². The van der Waals surface area contributed by atoms with Crippen molar-refractivity contribution in [2.24, 2.45) is 11.7 Å². The first-order valence-corrected chi connectivity index (χ1v) is 7.77. The fraction of sp³-hybridized carbons (Fsp3) is 0.438. The number of piperidine rings is 1. The molecule has 0 saturated carbocycles. The average molecular weight is 312 g/mol. The Bertz CT molecular complexity index is 690. The van der Waals surface area contributed by atoms with Crippen LogP contribution in [0.1, 0.15) is 34.8 Å². The van der Waals surface area contributed by atoms with Gasteiger partial charge in [0.15, 0.2) is 0 Å². The van der Waals surface area contributed by atoms with Gasteiger partial charge in [0.25, 0.3) is 5.91 Å². The van der Waals surface area contributed by atoms with Crippen molar-refractivity contribution in [3.63, 3.8) is 0 Å². The normalized spacial score (nSPS) is 18.0. The van der Waals surface area contributed by atoms with Crippen molar-refractivity contribution < 1.29 is 4.79 Å². The number of anilines is 1. The first kappa shape index (κ1) is 15.3. The summed E-state index contributed by atoms with van der Waals surface area (Å²) in [6.07, 6.45) is 8.23. The van der Waals surface area contributed by atoms with Gasteiger partial charge >= 0.3 is 0 Å². The molecule has 1 atom stereocenters. The van der Waals surface area contributed by atoms with Crippen LogP contribution >= 0.6 is 0 Å². The van der Waals surface area contributed by atoms with Gasteiger partial charge in [0.05, 0.1) is 6.20 Å². The Kier molecular flexibility index (Phi) is 4.45. The van der Waals surface area contributed by atoms with Gasteiger partial charge < -0.3 is 10.6 Å². The summed E-state index contributed by atoms with van der Waals surface area (Å²) in [5.74, 6) is 1.44. The van der Waals surface area contributed by atoms with Crippen LogP contribution in [0.5, 0.6) is 0 Å². The summed E-state index contributed by atoms with van der Waals surface area (Å²) in [5, 5.41) is 0. The smallest absolute Gasteiger partial charge is 0.267 e. The Morgan fingerprint density at radius 1 is 1.39 bits per heavy atom. The summed E-state index contributed by atoms with van der Waals surface area (Å²) < 4.78 is 0. The highest BCUT2D eigenvalue weighted by Gasteiger charge is 2.22. The van der Waals surface area contributed by atoms with E-state index in [2.05, 4.69) is 24.8 Å². The maximum absolute atomic E-state index is 11.3. The molecule has 0 bridgehead atoms. The maximum Gasteiger partial charge on any atom is 0.267 e. The monoisotopic (exact) mass is 312 g/mol. The second-order valence-electron chi connectivity index (χ2n) is 5.88. The van der Waals surface area contributed by atoms with Gasteiger partial charge in [0, 0.05) is 31.2 Å². The summed E-state index contributed by atoms with van der Waals surface area (Å²) in [5.41, 5.74) is 6.49. The Balaban J connectivity index is 1.72. The van der Waals surface area contributed by atoms with Crippen LogP contribution < -0.4 is 10.6 Å². The number of carbonyl (C=O) groups excluding carboxylic acids is 1. The first-order valence-electron chi connectivity index (χ1n) is 7.77. The number of carbonyl (C=O) groups is 1. The van der Waals surface area contributed by atoms with Gasteiger partial charge in [-0.15, -0.1) is 0 Å². The molecule has 0 aliphatic carbocycles. The average Bonchev–Trinajstić information content (AvgIpc) is 2.55. The molecule has 0 radical (unpaired) electrons. The van der Waals surface area contributed by atoms with E-state index in [1.165, 1.54) is 0 Å². The predicted octanol–water partition coefficient (Wildman–Crippen LogP) is 1.13. The van der Waals surface area contributed by atoms with Crippen molar-refractivity contribution in [1.82, 2.24) is 19.9 Å². The van der Waals surface area contributed by atoms with Crippen LogP contribution in [-0.2, 0) is 6.42 Å². The highest BCUT2D eigenvalue weighted by Crippen LogP contribution is 2.23. The maximum atomic E-state index is 11.3. The minimum absolute atomic E-state index is 0.286. The molecule has 1 fully saturated rings. The van der Waals surface area contributed by atoms with E-state index in [1.54, 1.807) is 31.6 Å². The summed E-state index contributed by atoms with van der Waals surface area (Å²) >= 11 is 0. The van der Waals surface area contributed by atoms with Crippen LogP contribution in [0.4, 0.5) is 5.82 Å². The summed E-state index contributed by atoms with van der Waals surface area (Å²) in [6, 6.07) is 1.70. The topological polar surface area (TPSA) is 97.9 Å². The van der Waals surface area contributed by atoms with Gasteiger partial charge in [0.1, 0.15) is 17.3 Å². The molecular weight excluding hydrogens is 292 g/mol. The Morgan fingerprint density at radius 2 is 2.26 bits per heavy atom. The molecule has 7 nitrogen and oxygen atoms in total. The third-order valence-corrected chi connectivity index (χ3v) is 4.03. The molecular formula is C16H20N6O. The summed E-state index contributed by atoms with van der Waals surface area (Å²) in [7, 11) is 0. The second kappa shape index (κ2) is 6.68. The van der Waals surface area contributed by atoms with Crippen molar-refractivity contribution in [2.45, 2.75) is 26.2 Å². The summed E-state index contributed by atoms with van der Waals surface area (Å²) in [4.78, 5) is 30.6. The van der Waals surface area contributed by atoms with Crippen molar-refractivity contribution in [2.75, 3.05) is 18.0 Å². The lowest BCUT2D eigenvalue weighted by Gasteiger charge is -2.33. The third-order valence-electron chi connectivity index (χ3n) is 4.03. The fourth-order valence-corrected chi connectivity index (χ4v) is 3.05. The molecule has 1 aliphatic rings. The Morgan fingerprint density at radius 3 is 3.00 bits per heavy atom. The van der Waals surface area contributed by atoms with Crippen LogP contribution in [0.3, 0.4) is 0 Å². The fourth-order valence-electron chi connectivity index (χ4n) is 3.05. The number of aryl methyl sites for hydroxylation is 1. The Hall–Kier alpha value is -2.57. The lowest BCUT2D eigenvalue weighted by molar-refractivity contribution is 0.0995. The van der Waals surface area contributed by atoms with E-state index in [-0.39, 0.29) is 5.69 Å². The SMILES string of the molecule is Cc1nc(CC2CCCN(c3cnccn3)C2)cc(C(N)=O)n1. The molecule has 0 spiro atoms. The molecule has 3 rings (SSSR count). The highest BCUT2D eigenvalue weighted by atomic mass is 16.1. The zero-order valence-electron chi connectivity index (χ0n) is 13.1. The zero-order valence-corrected chi connectivity index (χ0v) is 13.1. The number of primary amides is 1. The van der Waals surface area contributed by atoms with E-state index in [1.807, 2.05) is 0 Å². The van der Waals surface area contributed by atoms with E-state index in [0.29, 0.717) is 11.7 Å². The first-order chi connectivity index (χ1) is 11.1. The van der Waals surface area contributed by atoms with Crippen LogP contribution in [0.25, 0.3) is 0 Å². The van der Waals surface area contributed by atoms with Gasteiger partial charge in [-0.25, -0.2) is 15.0 Å². The molecule has 3 heterocycles. The van der Waals surface area contributed by atoms with Gasteiger partial charge in [0.2, 0.25) is 0 Å². The van der Waals surface area contributed by atoms with E-state index < -0.39 is 5.91 Å². The zero-order chi connectivity index (χ0) is 16.2. The van der Waals surface area contributed by atoms with E-state index in [0.717, 1.165) is 43.9 Å². The largest absolute Gasteiger partial charge is 0.364 e. The highest BCUT2D eigenvalue weighted by molar-refractivity contribution is 5.90. The predicted molar refractivity (Wildman–Crippen MR) is 86.0 cm³/mol. The van der Waals surface area contributed by atoms with Gasteiger partial charge in [-0.1, -0.05) is 0 Å². The Labute approximate surface area is 135 Å². The van der Waals surface area contributed by atoms with Crippen LogP contribution in [0.15, 0.2) is 24.7 Å². The molecule has 23 heavy (non-hydrogen) atoms. The van der Waals surface area contributed by atoms with Crippen molar-refractivity contribution in [1.29, 1.82) is 0 Å². The molecule has 0 aromatic carbocycles. The van der Waals surface area contributed by atoms with E-state index in [9.17, 15) is 4.79 Å². The van der Waals surface area contributed by atoms with Crippen molar-refractivity contribution in [3.8, 4) is 0 Å². The minimum Gasteiger partial charge on any atom is -0.364 e. The van der Waals surface area contributed by atoms with E-state index in [4.69, 9.17) is 5.73 Å². The van der Waals surface area contributed by atoms with Crippen LogP contribution in [0, 0.1) is 12.8 Å². The minimum atomic E-state index is -0.512. The number of aromatic nitrogens is 4. The quantitative estimate of drug-likeness (QED) is 0.909. The molecule has 1 saturated heterocycles. The number of hydrogen-bond donors (Lipinski definition) is 1. The molecule has 120 valence electrons. The molecule has 1 amide bonds. The van der Waals surface area contributed by atoms with E-state index >= 15 is 0 Å². The molecule has 2 N–H and O–H groups in total. The molecule has 1 unspecified atom stereocenters. The van der Waals surface area contributed by atoms with Crippen molar-refractivity contribution >= 4 is 11.7 Å². The summed E-state index contributed by atoms with van der Waals surface area (Å²) in [6.45, 7) is 3.68. The number of amides is 1. The molecule has 2 aromatic rings. The molecule has 7 heteroatoms. The number of nitrogens with zero attached hydrogens (tertiary/aromatic N) is 5. The lowest BCUT2D eigenvalue weighted by atomic mass is 9.93. The van der Waals surface area contributed by atoms with Crippen LogP contribution in [0.2, 0.25) is 0 Å². The molecule has 1 aliphatic heterocycles. The standard InChI is InChI=1S/C16H20N6O/c1-11-20-13(8-14(21-11)16(17)23)7-12-3-2-6-22(10-12)15-9-18-4-5-19-15/h4-5,8-9,12H,2-3,6-7,10H2,1H3,(H2,17,23). The number of nitrogens with two attached hydrogens (primary N) is 1. The van der Waals surface area contributed by atoms with Crippen molar-refractivity contribution in [3.05, 3.63) is 41.9 Å². The van der Waals surface area contributed by atoms with Gasteiger partial charge in [-0.2, -0.15) is 0 Å². The number of hydrogen-bond acceptors (Lipinski definition) is 6. The lowest BCUT2D eigenvalue weighted by Crippen LogP contribution is -2.37. The van der Waals surface area contributed by atoms with Gasteiger partial charge in [-0.05, 0) is 38.2 Å². The second-order valence-corrected chi connectivity index (χ2v) is 5.88. The third kappa shape index (κ3) is 3.80.